The number of rotatable bonds is 4. The first-order chi connectivity index (χ1) is 8.16. The molecule has 4 nitrogen and oxygen atoms in total. The molecule has 0 fully saturated rings. The van der Waals surface area contributed by atoms with Crippen molar-refractivity contribution in [2.75, 3.05) is 0 Å². The highest BCUT2D eigenvalue weighted by molar-refractivity contribution is 5.87. The molecular weight excluding hydrogens is 227 g/mol. The summed E-state index contributed by atoms with van der Waals surface area (Å²) in [6.45, 7) is -0.0196. The number of aromatic carboxylic acids is 1. The zero-order chi connectivity index (χ0) is 12.3. The van der Waals surface area contributed by atoms with Gasteiger partial charge in [-0.15, -0.1) is 0 Å². The summed E-state index contributed by atoms with van der Waals surface area (Å²) in [5, 5.41) is 8.67. The molecule has 0 atom stereocenters. The quantitative estimate of drug-likeness (QED) is 0.886. The van der Waals surface area contributed by atoms with E-state index in [1.807, 2.05) is 0 Å². The van der Waals surface area contributed by atoms with Crippen molar-refractivity contribution < 1.29 is 23.4 Å². The van der Waals surface area contributed by atoms with Gasteiger partial charge in [-0.1, -0.05) is 12.1 Å². The maximum Gasteiger partial charge on any atom is 0.338 e. The highest BCUT2D eigenvalue weighted by Gasteiger charge is 2.09. The number of carboxylic acid groups (broad SMARTS) is 1. The molecule has 0 saturated carbocycles. The lowest BCUT2D eigenvalue weighted by atomic mass is 10.3. The number of ether oxygens (including phenoxy) is 1. The van der Waals surface area contributed by atoms with Gasteiger partial charge in [0, 0.05) is 0 Å². The molecule has 0 saturated heterocycles. The van der Waals surface area contributed by atoms with Gasteiger partial charge in [-0.2, -0.15) is 0 Å². The van der Waals surface area contributed by atoms with Crippen LogP contribution in [0.25, 0.3) is 0 Å². The molecule has 17 heavy (non-hydrogen) atoms. The van der Waals surface area contributed by atoms with E-state index in [2.05, 4.69) is 0 Å². The Hall–Kier alpha value is -2.30. The molecular formula is C12H9FO4. The van der Waals surface area contributed by atoms with Crippen LogP contribution < -0.4 is 4.74 Å². The van der Waals surface area contributed by atoms with Crippen LogP contribution in [-0.2, 0) is 6.61 Å². The lowest BCUT2D eigenvalue weighted by Crippen LogP contribution is -1.96. The molecule has 0 bridgehead atoms. The fourth-order valence-corrected chi connectivity index (χ4v) is 1.28. The van der Waals surface area contributed by atoms with Gasteiger partial charge in [0.05, 0.1) is 5.56 Å². The number of carbonyl (C=O) groups is 1. The van der Waals surface area contributed by atoms with Crippen LogP contribution in [0, 0.1) is 5.82 Å². The maximum atomic E-state index is 13.2. The topological polar surface area (TPSA) is 59.7 Å². The van der Waals surface area contributed by atoms with E-state index in [0.29, 0.717) is 5.76 Å². The molecule has 1 aromatic heterocycles. The summed E-state index contributed by atoms with van der Waals surface area (Å²) in [7, 11) is 0. The van der Waals surface area contributed by atoms with Gasteiger partial charge in [-0.05, 0) is 18.2 Å². The van der Waals surface area contributed by atoms with Crippen LogP contribution in [0.1, 0.15) is 16.1 Å². The number of carboxylic acids is 1. The Morgan fingerprint density at radius 3 is 2.82 bits per heavy atom. The summed E-state index contributed by atoms with van der Waals surface area (Å²) in [6, 6.07) is 7.29. The van der Waals surface area contributed by atoms with Crippen LogP contribution in [0.3, 0.4) is 0 Å². The Morgan fingerprint density at radius 2 is 2.18 bits per heavy atom. The van der Waals surface area contributed by atoms with Crippen molar-refractivity contribution >= 4 is 5.97 Å². The zero-order valence-corrected chi connectivity index (χ0v) is 8.72. The molecule has 1 N–H and O–H groups in total. The van der Waals surface area contributed by atoms with Gasteiger partial charge < -0.3 is 14.3 Å². The van der Waals surface area contributed by atoms with Gasteiger partial charge in [0.2, 0.25) is 0 Å². The summed E-state index contributed by atoms with van der Waals surface area (Å²) < 4.78 is 23.3. The minimum atomic E-state index is -1.08. The summed E-state index contributed by atoms with van der Waals surface area (Å²) in [5.41, 5.74) is 0.0390. The molecule has 0 spiro atoms. The van der Waals surface area contributed by atoms with Crippen molar-refractivity contribution in [1.82, 2.24) is 0 Å². The summed E-state index contributed by atoms with van der Waals surface area (Å²) >= 11 is 0. The third-order valence-electron chi connectivity index (χ3n) is 2.11. The van der Waals surface area contributed by atoms with Crippen LogP contribution in [0.15, 0.2) is 41.0 Å². The van der Waals surface area contributed by atoms with Crippen molar-refractivity contribution in [3.05, 3.63) is 53.7 Å². The Balaban J connectivity index is 2.02. The van der Waals surface area contributed by atoms with E-state index in [-0.39, 0.29) is 17.9 Å². The van der Waals surface area contributed by atoms with Crippen LogP contribution >= 0.6 is 0 Å². The molecule has 5 heteroatoms. The number of halogens is 1. The van der Waals surface area contributed by atoms with Crippen LogP contribution in [-0.4, -0.2) is 11.1 Å². The minimum Gasteiger partial charge on any atom is -0.483 e. The molecule has 2 aromatic rings. The molecule has 1 heterocycles. The number of benzene rings is 1. The van der Waals surface area contributed by atoms with E-state index < -0.39 is 11.8 Å². The molecule has 0 aliphatic heterocycles. The SMILES string of the molecule is O=C(O)c1coc(COc2ccccc2F)c1. The zero-order valence-electron chi connectivity index (χ0n) is 8.72. The Kier molecular flexibility index (Phi) is 3.09. The van der Waals surface area contributed by atoms with Gasteiger partial charge in [0.25, 0.3) is 0 Å². The van der Waals surface area contributed by atoms with Crippen molar-refractivity contribution in [2.45, 2.75) is 6.61 Å². The van der Waals surface area contributed by atoms with Crippen molar-refractivity contribution in [1.29, 1.82) is 0 Å². The Labute approximate surface area is 96.2 Å². The largest absolute Gasteiger partial charge is 0.483 e. The third kappa shape index (κ3) is 2.63. The predicted molar refractivity (Wildman–Crippen MR) is 56.4 cm³/mol. The van der Waals surface area contributed by atoms with Crippen LogP contribution in [0.4, 0.5) is 4.39 Å². The molecule has 0 unspecified atom stereocenters. The normalized spacial score (nSPS) is 10.2. The Bertz CT molecular complexity index is 533. The monoisotopic (exact) mass is 236 g/mol. The third-order valence-corrected chi connectivity index (χ3v) is 2.11. The molecule has 0 amide bonds. The first-order valence-corrected chi connectivity index (χ1v) is 4.85. The lowest BCUT2D eigenvalue weighted by Gasteiger charge is -2.04. The highest BCUT2D eigenvalue weighted by atomic mass is 19.1. The van der Waals surface area contributed by atoms with Gasteiger partial charge in [0.15, 0.2) is 11.6 Å². The summed E-state index contributed by atoms with van der Waals surface area (Å²) in [4.78, 5) is 10.6. The Morgan fingerprint density at radius 1 is 1.41 bits per heavy atom. The van der Waals surface area contributed by atoms with E-state index in [4.69, 9.17) is 14.3 Å². The smallest absolute Gasteiger partial charge is 0.338 e. The lowest BCUT2D eigenvalue weighted by molar-refractivity contribution is 0.0696. The van der Waals surface area contributed by atoms with Crippen LogP contribution in [0.5, 0.6) is 5.75 Å². The predicted octanol–water partition coefficient (Wildman–Crippen LogP) is 2.70. The highest BCUT2D eigenvalue weighted by Crippen LogP contribution is 2.17. The van der Waals surface area contributed by atoms with Crippen LogP contribution in [0.2, 0.25) is 0 Å². The first-order valence-electron chi connectivity index (χ1n) is 4.85. The molecule has 0 radical (unpaired) electrons. The second-order valence-corrected chi connectivity index (χ2v) is 3.33. The number of furan rings is 1. The average Bonchev–Trinajstić information content (AvgIpc) is 2.77. The second kappa shape index (κ2) is 4.69. The number of para-hydroxylation sites is 1. The maximum absolute atomic E-state index is 13.2. The van der Waals surface area contributed by atoms with E-state index in [1.165, 1.54) is 18.2 Å². The van der Waals surface area contributed by atoms with E-state index in [0.717, 1.165) is 6.26 Å². The average molecular weight is 236 g/mol. The first kappa shape index (κ1) is 11.2. The van der Waals surface area contributed by atoms with E-state index >= 15 is 0 Å². The second-order valence-electron chi connectivity index (χ2n) is 3.33. The van der Waals surface area contributed by atoms with Gasteiger partial charge >= 0.3 is 5.97 Å². The summed E-state index contributed by atoms with van der Waals surface area (Å²) in [6.07, 6.45) is 1.11. The molecule has 2 rings (SSSR count). The molecule has 0 aliphatic carbocycles. The minimum absolute atomic E-state index is 0.0196. The molecule has 88 valence electrons. The number of hydrogen-bond donors (Lipinski definition) is 1. The number of hydrogen-bond acceptors (Lipinski definition) is 3. The van der Waals surface area contributed by atoms with E-state index in [1.54, 1.807) is 12.1 Å². The molecule has 0 aliphatic rings. The summed E-state index contributed by atoms with van der Waals surface area (Å²) in [5.74, 6) is -1.13. The van der Waals surface area contributed by atoms with Gasteiger partial charge in [-0.25, -0.2) is 9.18 Å². The van der Waals surface area contributed by atoms with Crippen molar-refractivity contribution in [3.8, 4) is 5.75 Å². The molecule has 1 aromatic carbocycles. The fourth-order valence-electron chi connectivity index (χ4n) is 1.28. The standard InChI is InChI=1S/C12H9FO4/c13-10-3-1-2-4-11(10)17-7-9-5-8(6-16-9)12(14)15/h1-6H,7H2,(H,14,15). The van der Waals surface area contributed by atoms with Gasteiger partial charge in [0.1, 0.15) is 18.6 Å². The van der Waals surface area contributed by atoms with E-state index in [9.17, 15) is 9.18 Å². The van der Waals surface area contributed by atoms with Crippen molar-refractivity contribution in [3.63, 3.8) is 0 Å². The van der Waals surface area contributed by atoms with Crippen molar-refractivity contribution in [2.24, 2.45) is 0 Å². The van der Waals surface area contributed by atoms with Gasteiger partial charge in [-0.3, -0.25) is 0 Å². The fraction of sp³-hybridized carbons (Fsp3) is 0.0833.